The van der Waals surface area contributed by atoms with Crippen molar-refractivity contribution in [2.75, 3.05) is 32.8 Å². The standard InChI is InChI=1S/C17H31N3O2.2ClH/c18-16(21)2-1-14-3-10-20(11-4-14)15-5-12-22-17(13-15)6-8-19-9-7-17;;/h14-15,19H,1-13H2,(H2,18,21);2*1H. The fourth-order valence-corrected chi connectivity index (χ4v) is 4.50. The van der Waals surface area contributed by atoms with Gasteiger partial charge in [0.05, 0.1) is 5.60 Å². The molecule has 1 unspecified atom stereocenters. The fraction of sp³-hybridized carbons (Fsp3) is 0.941. The van der Waals surface area contributed by atoms with Crippen LogP contribution in [-0.2, 0) is 9.53 Å². The molecule has 24 heavy (non-hydrogen) atoms. The van der Waals surface area contributed by atoms with Gasteiger partial charge >= 0.3 is 0 Å². The minimum absolute atomic E-state index is 0. The molecule has 0 aromatic carbocycles. The number of nitrogens with one attached hydrogen (secondary N) is 1. The van der Waals surface area contributed by atoms with E-state index in [1.54, 1.807) is 0 Å². The number of carbonyl (C=O) groups is 1. The first-order valence-corrected chi connectivity index (χ1v) is 9.04. The Morgan fingerprint density at radius 2 is 1.83 bits per heavy atom. The number of likely N-dealkylation sites (tertiary alicyclic amines) is 1. The van der Waals surface area contributed by atoms with Crippen LogP contribution in [0.1, 0.15) is 51.4 Å². The first-order valence-electron chi connectivity index (χ1n) is 9.04. The highest BCUT2D eigenvalue weighted by Crippen LogP contribution is 2.36. The monoisotopic (exact) mass is 381 g/mol. The van der Waals surface area contributed by atoms with E-state index in [1.165, 1.54) is 51.6 Å². The van der Waals surface area contributed by atoms with Crippen LogP contribution in [0.2, 0.25) is 0 Å². The van der Waals surface area contributed by atoms with Crippen molar-refractivity contribution in [1.82, 2.24) is 10.2 Å². The molecule has 0 aliphatic carbocycles. The van der Waals surface area contributed by atoms with Gasteiger partial charge in [-0.3, -0.25) is 4.79 Å². The van der Waals surface area contributed by atoms with E-state index < -0.39 is 0 Å². The van der Waals surface area contributed by atoms with Gasteiger partial charge < -0.3 is 20.7 Å². The third-order valence-electron chi connectivity index (χ3n) is 5.95. The summed E-state index contributed by atoms with van der Waals surface area (Å²) in [5.41, 5.74) is 5.41. The SMILES string of the molecule is Cl.Cl.NC(=O)CCC1CCN(C2CCOC3(CCNCC3)C2)CC1. The van der Waals surface area contributed by atoms with Crippen molar-refractivity contribution < 1.29 is 9.53 Å². The molecule has 0 aromatic heterocycles. The Kier molecular flexibility index (Phi) is 9.31. The van der Waals surface area contributed by atoms with Crippen molar-refractivity contribution >= 4 is 30.7 Å². The van der Waals surface area contributed by atoms with Gasteiger partial charge in [0, 0.05) is 19.1 Å². The van der Waals surface area contributed by atoms with Crippen LogP contribution in [0.3, 0.4) is 0 Å². The lowest BCUT2D eigenvalue weighted by Crippen LogP contribution is -2.54. The molecule has 3 heterocycles. The highest BCUT2D eigenvalue weighted by molar-refractivity contribution is 5.85. The first-order chi connectivity index (χ1) is 10.7. The van der Waals surface area contributed by atoms with E-state index in [9.17, 15) is 4.79 Å². The Hall–Kier alpha value is -0.0700. The molecule has 142 valence electrons. The molecule has 3 N–H and O–H groups in total. The van der Waals surface area contributed by atoms with Gasteiger partial charge in [0.25, 0.3) is 0 Å². The predicted molar refractivity (Wildman–Crippen MR) is 101 cm³/mol. The molecule has 1 spiro atoms. The molecule has 0 aromatic rings. The molecule has 1 amide bonds. The summed E-state index contributed by atoms with van der Waals surface area (Å²) in [5.74, 6) is 0.538. The normalized spacial score (nSPS) is 27.9. The molecule has 7 heteroatoms. The third kappa shape index (κ3) is 5.73. The molecular formula is C17H33Cl2N3O2. The first kappa shape index (κ1) is 22.0. The summed E-state index contributed by atoms with van der Waals surface area (Å²) in [4.78, 5) is 13.6. The summed E-state index contributed by atoms with van der Waals surface area (Å²) in [5, 5.41) is 3.45. The number of nitrogens with two attached hydrogens (primary N) is 1. The Balaban J connectivity index is 0.00000144. The van der Waals surface area contributed by atoms with Crippen molar-refractivity contribution in [3.05, 3.63) is 0 Å². The van der Waals surface area contributed by atoms with Crippen LogP contribution in [0.25, 0.3) is 0 Å². The van der Waals surface area contributed by atoms with Gasteiger partial charge in [-0.25, -0.2) is 0 Å². The summed E-state index contributed by atoms with van der Waals surface area (Å²) in [6.45, 7) is 5.49. The zero-order valence-electron chi connectivity index (χ0n) is 14.5. The van der Waals surface area contributed by atoms with E-state index in [0.717, 1.165) is 26.1 Å². The number of ether oxygens (including phenoxy) is 1. The molecule has 3 fully saturated rings. The second kappa shape index (κ2) is 10.2. The van der Waals surface area contributed by atoms with Crippen molar-refractivity contribution in [2.45, 2.75) is 63.0 Å². The van der Waals surface area contributed by atoms with E-state index in [4.69, 9.17) is 10.5 Å². The zero-order valence-corrected chi connectivity index (χ0v) is 16.1. The maximum Gasteiger partial charge on any atom is 0.217 e. The number of hydrogen-bond donors (Lipinski definition) is 2. The number of rotatable bonds is 4. The van der Waals surface area contributed by atoms with Gasteiger partial charge in [0.2, 0.25) is 5.91 Å². The Morgan fingerprint density at radius 1 is 1.17 bits per heavy atom. The van der Waals surface area contributed by atoms with Gasteiger partial charge in [0.1, 0.15) is 0 Å². The number of primary amides is 1. The molecule has 3 rings (SSSR count). The topological polar surface area (TPSA) is 67.6 Å². The molecule has 3 aliphatic heterocycles. The van der Waals surface area contributed by atoms with E-state index in [-0.39, 0.29) is 36.3 Å². The molecule has 0 saturated carbocycles. The van der Waals surface area contributed by atoms with Gasteiger partial charge in [-0.2, -0.15) is 0 Å². The predicted octanol–water partition coefficient (Wildman–Crippen LogP) is 2.11. The molecule has 3 aliphatic rings. The Morgan fingerprint density at radius 3 is 2.46 bits per heavy atom. The minimum Gasteiger partial charge on any atom is -0.375 e. The van der Waals surface area contributed by atoms with Crippen molar-refractivity contribution in [3.8, 4) is 0 Å². The van der Waals surface area contributed by atoms with E-state index in [1.807, 2.05) is 0 Å². The summed E-state index contributed by atoms with van der Waals surface area (Å²) >= 11 is 0. The average molecular weight is 382 g/mol. The maximum atomic E-state index is 10.9. The number of hydrogen-bond acceptors (Lipinski definition) is 4. The lowest BCUT2D eigenvalue weighted by Gasteiger charge is -2.48. The van der Waals surface area contributed by atoms with Crippen LogP contribution in [0.4, 0.5) is 0 Å². The summed E-state index contributed by atoms with van der Waals surface area (Å²) in [6, 6.07) is 0.698. The molecule has 0 bridgehead atoms. The van der Waals surface area contributed by atoms with Crippen LogP contribution in [-0.4, -0.2) is 55.2 Å². The zero-order chi connectivity index (χ0) is 15.4. The average Bonchev–Trinajstić information content (AvgIpc) is 2.54. The van der Waals surface area contributed by atoms with Crippen LogP contribution in [0, 0.1) is 5.92 Å². The highest BCUT2D eigenvalue weighted by atomic mass is 35.5. The van der Waals surface area contributed by atoms with Crippen LogP contribution < -0.4 is 11.1 Å². The fourth-order valence-electron chi connectivity index (χ4n) is 4.50. The van der Waals surface area contributed by atoms with E-state index in [0.29, 0.717) is 18.4 Å². The van der Waals surface area contributed by atoms with Gasteiger partial charge in [-0.05, 0) is 77.0 Å². The van der Waals surface area contributed by atoms with Crippen molar-refractivity contribution in [2.24, 2.45) is 11.7 Å². The van der Waals surface area contributed by atoms with Gasteiger partial charge in [0.15, 0.2) is 0 Å². The lowest BCUT2D eigenvalue weighted by molar-refractivity contribution is -0.123. The Bertz CT molecular complexity index is 379. The summed E-state index contributed by atoms with van der Waals surface area (Å²) in [7, 11) is 0. The van der Waals surface area contributed by atoms with Crippen molar-refractivity contribution in [1.29, 1.82) is 0 Å². The molecule has 0 radical (unpaired) electrons. The van der Waals surface area contributed by atoms with Crippen LogP contribution in [0.15, 0.2) is 0 Å². The highest BCUT2D eigenvalue weighted by Gasteiger charge is 2.40. The second-order valence-electron chi connectivity index (χ2n) is 7.41. The number of carbonyl (C=O) groups excluding carboxylic acids is 1. The summed E-state index contributed by atoms with van der Waals surface area (Å²) in [6.07, 6.45) is 8.70. The largest absolute Gasteiger partial charge is 0.375 e. The van der Waals surface area contributed by atoms with Crippen LogP contribution >= 0.6 is 24.8 Å². The van der Waals surface area contributed by atoms with Crippen LogP contribution in [0.5, 0.6) is 0 Å². The number of piperidine rings is 2. The minimum atomic E-state index is -0.153. The number of amides is 1. The summed E-state index contributed by atoms with van der Waals surface area (Å²) < 4.78 is 6.20. The van der Waals surface area contributed by atoms with Gasteiger partial charge in [-0.15, -0.1) is 24.8 Å². The number of halogens is 2. The molecule has 1 atom stereocenters. The third-order valence-corrected chi connectivity index (χ3v) is 5.95. The molecule has 3 saturated heterocycles. The van der Waals surface area contributed by atoms with E-state index in [2.05, 4.69) is 10.2 Å². The second-order valence-corrected chi connectivity index (χ2v) is 7.41. The van der Waals surface area contributed by atoms with E-state index >= 15 is 0 Å². The Labute approximate surface area is 158 Å². The van der Waals surface area contributed by atoms with Gasteiger partial charge in [-0.1, -0.05) is 0 Å². The quantitative estimate of drug-likeness (QED) is 0.782. The van der Waals surface area contributed by atoms with Crippen molar-refractivity contribution in [3.63, 3.8) is 0 Å². The maximum absolute atomic E-state index is 10.9. The number of nitrogens with zero attached hydrogens (tertiary/aromatic N) is 1. The lowest BCUT2D eigenvalue weighted by atomic mass is 9.81. The molecular weight excluding hydrogens is 349 g/mol. The smallest absolute Gasteiger partial charge is 0.217 e. The molecule has 5 nitrogen and oxygen atoms in total.